The zero-order valence-corrected chi connectivity index (χ0v) is 15.4. The smallest absolute Gasteiger partial charge is 0.238 e. The molecule has 0 fully saturated rings. The Morgan fingerprint density at radius 3 is 2.56 bits per heavy atom. The second kappa shape index (κ2) is 9.46. The minimum atomic E-state index is -0.398. The van der Waals surface area contributed by atoms with Crippen molar-refractivity contribution in [2.75, 3.05) is 24.7 Å². The zero-order chi connectivity index (χ0) is 18.2. The monoisotopic (exact) mass is 377 g/mol. The number of rotatable bonds is 8. The van der Waals surface area contributed by atoms with Gasteiger partial charge >= 0.3 is 0 Å². The van der Waals surface area contributed by atoms with Crippen molar-refractivity contribution in [2.24, 2.45) is 5.73 Å². The molecule has 0 heterocycles. The van der Waals surface area contributed by atoms with Crippen molar-refractivity contribution in [3.05, 3.63) is 59.1 Å². The minimum Gasteiger partial charge on any atom is -0.369 e. The van der Waals surface area contributed by atoms with Crippen LogP contribution in [0.3, 0.4) is 0 Å². The number of hydrogen-bond donors (Lipinski definition) is 2. The van der Waals surface area contributed by atoms with Gasteiger partial charge in [0.2, 0.25) is 11.8 Å². The summed E-state index contributed by atoms with van der Waals surface area (Å²) in [5.74, 6) is -0.369. The molecule has 0 radical (unpaired) electrons. The molecular formula is C18H20ClN3O2S. The Morgan fingerprint density at radius 2 is 1.84 bits per heavy atom. The summed E-state index contributed by atoms with van der Waals surface area (Å²) in [7, 11) is 1.86. The molecule has 2 amide bonds. The van der Waals surface area contributed by atoms with Gasteiger partial charge in [-0.15, -0.1) is 11.8 Å². The number of benzene rings is 2. The average molecular weight is 378 g/mol. The van der Waals surface area contributed by atoms with E-state index in [0.717, 1.165) is 10.5 Å². The molecule has 0 atom stereocenters. The van der Waals surface area contributed by atoms with Crippen molar-refractivity contribution in [1.29, 1.82) is 0 Å². The van der Waals surface area contributed by atoms with Gasteiger partial charge in [0.15, 0.2) is 0 Å². The Morgan fingerprint density at radius 1 is 1.16 bits per heavy atom. The fourth-order valence-electron chi connectivity index (χ4n) is 2.25. The first-order valence-electron chi connectivity index (χ1n) is 7.67. The standard InChI is InChI=1S/C18H20ClN3O2S/c1-22(10-13-6-2-3-7-14(13)19)11-18(24)21-15-8-4-5-9-16(15)25-12-17(20)23/h2-9H,10-12H2,1H3,(H2,20,23)(H,21,24). The third kappa shape index (κ3) is 6.42. The summed E-state index contributed by atoms with van der Waals surface area (Å²) >= 11 is 7.45. The van der Waals surface area contributed by atoms with Crippen LogP contribution in [-0.2, 0) is 16.1 Å². The Labute approximate surface area is 156 Å². The predicted octanol–water partition coefficient (Wildman–Crippen LogP) is 2.99. The summed E-state index contributed by atoms with van der Waals surface area (Å²) in [5.41, 5.74) is 6.82. The molecular weight excluding hydrogens is 358 g/mol. The fourth-order valence-corrected chi connectivity index (χ4v) is 3.20. The van der Waals surface area contributed by atoms with Crippen LogP contribution in [0, 0.1) is 0 Å². The number of para-hydroxylation sites is 1. The largest absolute Gasteiger partial charge is 0.369 e. The van der Waals surface area contributed by atoms with Crippen LogP contribution in [0.15, 0.2) is 53.4 Å². The molecule has 0 spiro atoms. The average Bonchev–Trinajstić information content (AvgIpc) is 2.56. The van der Waals surface area contributed by atoms with E-state index in [9.17, 15) is 9.59 Å². The molecule has 2 aromatic rings. The zero-order valence-electron chi connectivity index (χ0n) is 13.9. The lowest BCUT2D eigenvalue weighted by molar-refractivity contribution is -0.117. The molecule has 132 valence electrons. The van der Waals surface area contributed by atoms with Crippen LogP contribution in [-0.4, -0.2) is 36.1 Å². The lowest BCUT2D eigenvalue weighted by Gasteiger charge is -2.18. The third-order valence-electron chi connectivity index (χ3n) is 3.34. The number of nitrogens with two attached hydrogens (primary N) is 1. The maximum absolute atomic E-state index is 12.3. The van der Waals surface area contributed by atoms with Gasteiger partial charge in [-0.3, -0.25) is 14.5 Å². The molecule has 2 aromatic carbocycles. The Balaban J connectivity index is 1.93. The van der Waals surface area contributed by atoms with E-state index < -0.39 is 5.91 Å². The van der Waals surface area contributed by atoms with E-state index in [1.54, 1.807) is 6.07 Å². The lowest BCUT2D eigenvalue weighted by Crippen LogP contribution is -2.30. The number of anilines is 1. The van der Waals surface area contributed by atoms with Gasteiger partial charge in [0, 0.05) is 16.5 Å². The number of hydrogen-bond acceptors (Lipinski definition) is 4. The minimum absolute atomic E-state index is 0.137. The molecule has 0 saturated heterocycles. The van der Waals surface area contributed by atoms with Gasteiger partial charge in [0.25, 0.3) is 0 Å². The molecule has 0 bridgehead atoms. The molecule has 0 aliphatic heterocycles. The summed E-state index contributed by atoms with van der Waals surface area (Å²) in [5, 5.41) is 3.56. The third-order valence-corrected chi connectivity index (χ3v) is 4.81. The lowest BCUT2D eigenvalue weighted by atomic mass is 10.2. The van der Waals surface area contributed by atoms with Gasteiger partial charge in [0.1, 0.15) is 0 Å². The molecule has 2 rings (SSSR count). The van der Waals surface area contributed by atoms with Crippen molar-refractivity contribution < 1.29 is 9.59 Å². The maximum Gasteiger partial charge on any atom is 0.238 e. The molecule has 5 nitrogen and oxygen atoms in total. The van der Waals surface area contributed by atoms with E-state index in [1.165, 1.54) is 11.8 Å². The fraction of sp³-hybridized carbons (Fsp3) is 0.222. The molecule has 0 unspecified atom stereocenters. The van der Waals surface area contributed by atoms with Gasteiger partial charge in [-0.25, -0.2) is 0 Å². The summed E-state index contributed by atoms with van der Waals surface area (Å²) in [6, 6.07) is 14.9. The van der Waals surface area contributed by atoms with Crippen molar-refractivity contribution in [3.63, 3.8) is 0 Å². The highest BCUT2D eigenvalue weighted by atomic mass is 35.5. The summed E-state index contributed by atoms with van der Waals surface area (Å²) in [6.07, 6.45) is 0. The van der Waals surface area contributed by atoms with E-state index in [-0.39, 0.29) is 18.2 Å². The van der Waals surface area contributed by atoms with Crippen molar-refractivity contribution in [3.8, 4) is 0 Å². The van der Waals surface area contributed by atoms with Crippen molar-refractivity contribution >= 4 is 40.9 Å². The SMILES string of the molecule is CN(CC(=O)Nc1ccccc1SCC(N)=O)Cc1ccccc1Cl. The number of halogens is 1. The van der Waals surface area contributed by atoms with E-state index in [0.29, 0.717) is 17.3 Å². The first-order valence-corrected chi connectivity index (χ1v) is 9.04. The van der Waals surface area contributed by atoms with Gasteiger partial charge in [0.05, 0.1) is 18.0 Å². The van der Waals surface area contributed by atoms with E-state index >= 15 is 0 Å². The van der Waals surface area contributed by atoms with E-state index in [1.807, 2.05) is 54.4 Å². The van der Waals surface area contributed by atoms with Crippen LogP contribution < -0.4 is 11.1 Å². The van der Waals surface area contributed by atoms with E-state index in [4.69, 9.17) is 17.3 Å². The normalized spacial score (nSPS) is 10.7. The number of thioether (sulfide) groups is 1. The predicted molar refractivity (Wildman–Crippen MR) is 103 cm³/mol. The molecule has 3 N–H and O–H groups in total. The molecule has 0 aliphatic rings. The van der Waals surface area contributed by atoms with Gasteiger partial charge in [-0.2, -0.15) is 0 Å². The number of nitrogens with zero attached hydrogens (tertiary/aromatic N) is 1. The molecule has 0 aliphatic carbocycles. The molecule has 0 aromatic heterocycles. The van der Waals surface area contributed by atoms with Crippen LogP contribution in [0.25, 0.3) is 0 Å². The number of carbonyl (C=O) groups excluding carboxylic acids is 2. The summed E-state index contributed by atoms with van der Waals surface area (Å²) in [6.45, 7) is 0.797. The van der Waals surface area contributed by atoms with Crippen LogP contribution in [0.1, 0.15) is 5.56 Å². The van der Waals surface area contributed by atoms with E-state index in [2.05, 4.69) is 5.32 Å². The van der Waals surface area contributed by atoms with Crippen LogP contribution in [0.4, 0.5) is 5.69 Å². The quantitative estimate of drug-likeness (QED) is 0.693. The van der Waals surface area contributed by atoms with Gasteiger partial charge < -0.3 is 11.1 Å². The highest BCUT2D eigenvalue weighted by Gasteiger charge is 2.11. The highest BCUT2D eigenvalue weighted by molar-refractivity contribution is 8.00. The number of likely N-dealkylation sites (N-methyl/N-ethyl adjacent to an activating group) is 1. The van der Waals surface area contributed by atoms with Crippen molar-refractivity contribution in [2.45, 2.75) is 11.4 Å². The molecule has 25 heavy (non-hydrogen) atoms. The molecule has 7 heteroatoms. The van der Waals surface area contributed by atoms with Crippen molar-refractivity contribution in [1.82, 2.24) is 4.90 Å². The first kappa shape index (κ1) is 19.3. The van der Waals surface area contributed by atoms with Gasteiger partial charge in [-0.1, -0.05) is 41.9 Å². The second-order valence-corrected chi connectivity index (χ2v) is 6.99. The number of amides is 2. The summed E-state index contributed by atoms with van der Waals surface area (Å²) in [4.78, 5) is 25.9. The highest BCUT2D eigenvalue weighted by Crippen LogP contribution is 2.26. The van der Waals surface area contributed by atoms with Gasteiger partial charge in [-0.05, 0) is 30.8 Å². The molecule has 0 saturated carbocycles. The Bertz CT molecular complexity index is 755. The van der Waals surface area contributed by atoms with Crippen LogP contribution >= 0.6 is 23.4 Å². The Hall–Kier alpha value is -2.02. The number of nitrogens with one attached hydrogen (secondary N) is 1. The second-order valence-electron chi connectivity index (χ2n) is 5.56. The number of carbonyl (C=O) groups is 2. The maximum atomic E-state index is 12.3. The van der Waals surface area contributed by atoms with Crippen LogP contribution in [0.2, 0.25) is 5.02 Å². The Kier molecular flexibility index (Phi) is 7.31. The summed E-state index contributed by atoms with van der Waals surface area (Å²) < 4.78 is 0. The topological polar surface area (TPSA) is 75.4 Å². The van der Waals surface area contributed by atoms with Crippen LogP contribution in [0.5, 0.6) is 0 Å². The number of primary amides is 1. The first-order chi connectivity index (χ1) is 12.0.